The van der Waals surface area contributed by atoms with Crippen molar-refractivity contribution in [3.63, 3.8) is 0 Å². The third kappa shape index (κ3) is 4.62. The second kappa shape index (κ2) is 9.68. The quantitative estimate of drug-likeness (QED) is 0.361. The van der Waals surface area contributed by atoms with Crippen molar-refractivity contribution in [1.29, 1.82) is 0 Å². The van der Waals surface area contributed by atoms with Crippen molar-refractivity contribution in [1.82, 2.24) is 8.87 Å². The largest absolute Gasteiger partial charge is 0.467 e. The van der Waals surface area contributed by atoms with Gasteiger partial charge in [-0.1, -0.05) is 44.2 Å². The molecular weight excluding hydrogens is 442 g/mol. The number of nitrogens with zero attached hydrogens (tertiary/aromatic N) is 3. The van der Waals surface area contributed by atoms with Gasteiger partial charge in [0, 0.05) is 18.5 Å². The number of aromatic nitrogens is 1. The van der Waals surface area contributed by atoms with Crippen LogP contribution < -0.4 is 4.80 Å². The van der Waals surface area contributed by atoms with Gasteiger partial charge in [0.25, 0.3) is 0 Å². The molecule has 2 aromatic heterocycles. The lowest BCUT2D eigenvalue weighted by atomic mass is 10.2. The Morgan fingerprint density at radius 3 is 2.31 bits per heavy atom. The van der Waals surface area contributed by atoms with Crippen molar-refractivity contribution in [2.24, 2.45) is 4.99 Å². The zero-order chi connectivity index (χ0) is 22.6. The van der Waals surface area contributed by atoms with Crippen molar-refractivity contribution >= 4 is 27.0 Å². The molecule has 4 rings (SSSR count). The highest BCUT2D eigenvalue weighted by molar-refractivity contribution is 7.89. The molecule has 0 saturated heterocycles. The average Bonchev–Trinajstić information content (AvgIpc) is 3.46. The Kier molecular flexibility index (Phi) is 6.74. The molecule has 0 radical (unpaired) electrons. The molecule has 0 N–H and O–H groups in total. The van der Waals surface area contributed by atoms with Crippen LogP contribution >= 0.6 is 11.3 Å². The van der Waals surface area contributed by atoms with Gasteiger partial charge in [0.15, 0.2) is 4.80 Å². The first kappa shape index (κ1) is 22.3. The van der Waals surface area contributed by atoms with E-state index in [1.165, 1.54) is 15.6 Å². The van der Waals surface area contributed by atoms with Crippen molar-refractivity contribution in [3.8, 4) is 11.3 Å². The molecular formula is C24H25N3O3S2. The van der Waals surface area contributed by atoms with Crippen LogP contribution in [0.1, 0.15) is 19.6 Å². The number of hydrogen-bond acceptors (Lipinski definition) is 5. The average molecular weight is 468 g/mol. The fourth-order valence-corrected chi connectivity index (χ4v) is 5.87. The third-order valence-electron chi connectivity index (χ3n) is 5.17. The molecule has 0 unspecified atom stereocenters. The Morgan fingerprint density at radius 2 is 1.69 bits per heavy atom. The van der Waals surface area contributed by atoms with Gasteiger partial charge in [0.2, 0.25) is 10.0 Å². The molecule has 0 atom stereocenters. The fourth-order valence-electron chi connectivity index (χ4n) is 3.48. The van der Waals surface area contributed by atoms with Crippen molar-refractivity contribution < 1.29 is 12.8 Å². The molecule has 0 aliphatic heterocycles. The van der Waals surface area contributed by atoms with Crippen LogP contribution in [0, 0.1) is 0 Å². The zero-order valence-electron chi connectivity index (χ0n) is 18.0. The minimum Gasteiger partial charge on any atom is -0.467 e. The van der Waals surface area contributed by atoms with Crippen LogP contribution in [-0.4, -0.2) is 30.4 Å². The number of para-hydroxylation sites is 1. The number of hydrogen-bond donors (Lipinski definition) is 0. The Hall–Kier alpha value is -2.94. The molecule has 0 fully saturated rings. The highest BCUT2D eigenvalue weighted by Crippen LogP contribution is 2.25. The Morgan fingerprint density at radius 1 is 0.969 bits per heavy atom. The minimum atomic E-state index is -3.49. The molecule has 0 spiro atoms. The molecule has 166 valence electrons. The van der Waals surface area contributed by atoms with Gasteiger partial charge < -0.3 is 8.98 Å². The summed E-state index contributed by atoms with van der Waals surface area (Å²) in [5.74, 6) is 0.819. The van der Waals surface area contributed by atoms with Crippen molar-refractivity contribution in [2.75, 3.05) is 13.1 Å². The molecule has 8 heteroatoms. The monoisotopic (exact) mass is 467 g/mol. The van der Waals surface area contributed by atoms with Gasteiger partial charge in [-0.25, -0.2) is 13.4 Å². The van der Waals surface area contributed by atoms with Gasteiger partial charge in [-0.3, -0.25) is 0 Å². The summed E-state index contributed by atoms with van der Waals surface area (Å²) in [6.45, 7) is 5.10. The summed E-state index contributed by atoms with van der Waals surface area (Å²) in [7, 11) is -3.49. The van der Waals surface area contributed by atoms with E-state index in [2.05, 4.69) is 4.57 Å². The van der Waals surface area contributed by atoms with Crippen LogP contribution in [-0.2, 0) is 16.6 Å². The lowest BCUT2D eigenvalue weighted by molar-refractivity contribution is 0.445. The summed E-state index contributed by atoms with van der Waals surface area (Å²) >= 11 is 1.54. The van der Waals surface area contributed by atoms with Crippen LogP contribution in [0.3, 0.4) is 0 Å². The molecule has 0 amide bonds. The third-order valence-corrected chi connectivity index (χ3v) is 8.09. The number of thiazole rings is 1. The summed E-state index contributed by atoms with van der Waals surface area (Å²) in [6.07, 6.45) is 1.66. The van der Waals surface area contributed by atoms with E-state index in [1.54, 1.807) is 18.4 Å². The van der Waals surface area contributed by atoms with Crippen LogP contribution in [0.4, 0.5) is 5.69 Å². The first-order chi connectivity index (χ1) is 15.5. The van der Waals surface area contributed by atoms with E-state index in [4.69, 9.17) is 9.41 Å². The highest BCUT2D eigenvalue weighted by atomic mass is 32.2. The summed E-state index contributed by atoms with van der Waals surface area (Å²) in [5, 5.41) is 2.04. The van der Waals surface area contributed by atoms with E-state index in [0.29, 0.717) is 24.5 Å². The van der Waals surface area contributed by atoms with Crippen LogP contribution in [0.2, 0.25) is 0 Å². The topological polar surface area (TPSA) is 67.8 Å². The predicted octanol–water partition coefficient (Wildman–Crippen LogP) is 5.12. The molecule has 6 nitrogen and oxygen atoms in total. The molecule has 0 aliphatic carbocycles. The lowest BCUT2D eigenvalue weighted by Crippen LogP contribution is -2.30. The van der Waals surface area contributed by atoms with Crippen molar-refractivity contribution in [2.45, 2.75) is 25.3 Å². The normalized spacial score (nSPS) is 12.5. The van der Waals surface area contributed by atoms with Crippen LogP contribution in [0.25, 0.3) is 11.3 Å². The Labute approximate surface area is 192 Å². The second-order valence-electron chi connectivity index (χ2n) is 7.13. The molecule has 0 bridgehead atoms. The molecule has 0 aliphatic rings. The van der Waals surface area contributed by atoms with Crippen LogP contribution in [0.15, 0.2) is 92.7 Å². The number of rotatable bonds is 8. The van der Waals surface area contributed by atoms with E-state index in [1.807, 2.05) is 73.8 Å². The second-order valence-corrected chi connectivity index (χ2v) is 9.90. The van der Waals surface area contributed by atoms with E-state index in [-0.39, 0.29) is 0 Å². The maximum Gasteiger partial charge on any atom is 0.243 e. The van der Waals surface area contributed by atoms with Gasteiger partial charge in [-0.15, -0.1) is 11.3 Å². The molecule has 0 saturated carbocycles. The first-order valence-electron chi connectivity index (χ1n) is 10.4. The van der Waals surface area contributed by atoms with E-state index < -0.39 is 10.0 Å². The SMILES string of the molecule is CCN(CC)S(=O)(=O)c1ccc(-c2csc(=Nc3ccccc3)n2Cc2ccco2)cc1. The van der Waals surface area contributed by atoms with Gasteiger partial charge in [0.1, 0.15) is 5.76 Å². The fraction of sp³-hybridized carbons (Fsp3) is 0.208. The molecule has 2 heterocycles. The smallest absolute Gasteiger partial charge is 0.243 e. The van der Waals surface area contributed by atoms with Gasteiger partial charge in [0.05, 0.1) is 29.1 Å². The van der Waals surface area contributed by atoms with E-state index in [9.17, 15) is 8.42 Å². The van der Waals surface area contributed by atoms with Crippen LogP contribution in [0.5, 0.6) is 0 Å². The van der Waals surface area contributed by atoms with E-state index >= 15 is 0 Å². The van der Waals surface area contributed by atoms with Gasteiger partial charge >= 0.3 is 0 Å². The number of sulfonamides is 1. The van der Waals surface area contributed by atoms with Gasteiger partial charge in [-0.2, -0.15) is 4.31 Å². The number of furan rings is 1. The minimum absolute atomic E-state index is 0.298. The Balaban J connectivity index is 1.76. The van der Waals surface area contributed by atoms with Crippen molar-refractivity contribution in [3.05, 3.63) is 88.9 Å². The number of benzene rings is 2. The Bertz CT molecular complexity index is 1320. The summed E-state index contributed by atoms with van der Waals surface area (Å²) in [4.78, 5) is 5.94. The van der Waals surface area contributed by atoms with E-state index in [0.717, 1.165) is 27.5 Å². The molecule has 4 aromatic rings. The first-order valence-corrected chi connectivity index (χ1v) is 12.8. The highest BCUT2D eigenvalue weighted by Gasteiger charge is 2.21. The lowest BCUT2D eigenvalue weighted by Gasteiger charge is -2.18. The summed E-state index contributed by atoms with van der Waals surface area (Å²) in [6, 6.07) is 20.6. The predicted molar refractivity (Wildman–Crippen MR) is 127 cm³/mol. The summed E-state index contributed by atoms with van der Waals surface area (Å²) in [5.41, 5.74) is 2.74. The molecule has 2 aromatic carbocycles. The summed E-state index contributed by atoms with van der Waals surface area (Å²) < 4.78 is 34.8. The maximum absolute atomic E-state index is 12.8. The van der Waals surface area contributed by atoms with Gasteiger partial charge in [-0.05, 0) is 42.0 Å². The maximum atomic E-state index is 12.8. The molecule has 32 heavy (non-hydrogen) atoms. The zero-order valence-corrected chi connectivity index (χ0v) is 19.6. The standard InChI is InChI=1S/C24H25N3O3S2/c1-3-26(4-2)32(28,29)22-14-12-19(13-15-22)23-18-31-24(25-20-9-6-5-7-10-20)27(23)17-21-11-8-16-30-21/h5-16,18H,3-4,17H2,1-2H3.